The lowest BCUT2D eigenvalue weighted by Gasteiger charge is -2.20. The van der Waals surface area contributed by atoms with Gasteiger partial charge in [-0.05, 0) is 48.5 Å². The van der Waals surface area contributed by atoms with E-state index < -0.39 is 15.9 Å². The molecule has 1 aromatic heterocycles. The summed E-state index contributed by atoms with van der Waals surface area (Å²) in [7, 11) is -2.40. The standard InChI is InChI=1S/C24H29FN4O4S/c1-6-28(34(31,32)20-13-11-19(33-5)12-14-20)16-23(30)26-22-15-21(24(2,3)4)27-29(22)18-9-7-17(25)8-10-18/h7-15H,6,16H2,1-5H3,(H,26,30). The van der Waals surface area contributed by atoms with E-state index in [-0.39, 0.29) is 29.2 Å². The van der Waals surface area contributed by atoms with Gasteiger partial charge in [0, 0.05) is 18.0 Å². The zero-order chi connectivity index (χ0) is 25.1. The topological polar surface area (TPSA) is 93.5 Å². The van der Waals surface area contributed by atoms with Crippen molar-refractivity contribution in [3.05, 3.63) is 66.1 Å². The van der Waals surface area contributed by atoms with Crippen LogP contribution in [0.4, 0.5) is 10.2 Å². The van der Waals surface area contributed by atoms with Gasteiger partial charge in [0.1, 0.15) is 17.4 Å². The number of halogens is 1. The Labute approximate surface area is 199 Å². The van der Waals surface area contributed by atoms with Gasteiger partial charge in [-0.3, -0.25) is 4.79 Å². The van der Waals surface area contributed by atoms with Crippen molar-refractivity contribution in [3.8, 4) is 11.4 Å². The van der Waals surface area contributed by atoms with Crippen LogP contribution in [0.15, 0.2) is 59.5 Å². The summed E-state index contributed by atoms with van der Waals surface area (Å²) in [6, 6.07) is 13.4. The number of nitrogens with one attached hydrogen (secondary N) is 1. The van der Waals surface area contributed by atoms with Crippen LogP contribution in [-0.4, -0.2) is 48.6 Å². The summed E-state index contributed by atoms with van der Waals surface area (Å²) >= 11 is 0. The molecule has 0 aliphatic heterocycles. The summed E-state index contributed by atoms with van der Waals surface area (Å²) in [5.41, 5.74) is 0.966. The number of amides is 1. The van der Waals surface area contributed by atoms with Crippen molar-refractivity contribution in [3.63, 3.8) is 0 Å². The maximum absolute atomic E-state index is 13.4. The van der Waals surface area contributed by atoms with Crippen LogP contribution in [0.2, 0.25) is 0 Å². The lowest BCUT2D eigenvalue weighted by Crippen LogP contribution is -2.38. The van der Waals surface area contributed by atoms with Crippen molar-refractivity contribution >= 4 is 21.7 Å². The van der Waals surface area contributed by atoms with Crippen LogP contribution in [0.5, 0.6) is 5.75 Å². The molecule has 2 aromatic carbocycles. The zero-order valence-corrected chi connectivity index (χ0v) is 20.7. The molecule has 0 radical (unpaired) electrons. The van der Waals surface area contributed by atoms with Gasteiger partial charge in [0.05, 0.1) is 29.9 Å². The maximum atomic E-state index is 13.4. The van der Waals surface area contributed by atoms with E-state index in [0.717, 1.165) is 4.31 Å². The molecule has 0 bridgehead atoms. The van der Waals surface area contributed by atoms with E-state index >= 15 is 0 Å². The molecule has 182 valence electrons. The number of likely N-dealkylation sites (N-methyl/N-ethyl adjacent to an activating group) is 1. The third kappa shape index (κ3) is 5.63. The Morgan fingerprint density at radius 1 is 1.12 bits per heavy atom. The predicted octanol–water partition coefficient (Wildman–Crippen LogP) is 3.97. The minimum Gasteiger partial charge on any atom is -0.497 e. The highest BCUT2D eigenvalue weighted by molar-refractivity contribution is 7.89. The van der Waals surface area contributed by atoms with E-state index in [0.29, 0.717) is 22.9 Å². The smallest absolute Gasteiger partial charge is 0.243 e. The molecule has 0 fully saturated rings. The van der Waals surface area contributed by atoms with E-state index in [9.17, 15) is 17.6 Å². The molecule has 10 heteroatoms. The number of ether oxygens (including phenoxy) is 1. The molecular weight excluding hydrogens is 459 g/mol. The fraction of sp³-hybridized carbons (Fsp3) is 0.333. The summed E-state index contributed by atoms with van der Waals surface area (Å²) in [6.45, 7) is 7.33. The number of anilines is 1. The van der Waals surface area contributed by atoms with Crippen LogP contribution in [0.1, 0.15) is 33.4 Å². The second kappa shape index (κ2) is 9.94. The Hall–Kier alpha value is -3.24. The summed E-state index contributed by atoms with van der Waals surface area (Å²) < 4.78 is 47.2. The molecule has 34 heavy (non-hydrogen) atoms. The molecule has 3 aromatic rings. The molecule has 1 amide bonds. The summed E-state index contributed by atoms with van der Waals surface area (Å²) in [4.78, 5) is 13.0. The summed E-state index contributed by atoms with van der Waals surface area (Å²) in [6.07, 6.45) is 0. The van der Waals surface area contributed by atoms with Gasteiger partial charge in [0.25, 0.3) is 0 Å². The van der Waals surface area contributed by atoms with Crippen LogP contribution >= 0.6 is 0 Å². The normalized spacial score (nSPS) is 12.1. The Bertz CT molecular complexity index is 1250. The third-order valence-electron chi connectivity index (χ3n) is 5.19. The Kier molecular flexibility index (Phi) is 7.42. The van der Waals surface area contributed by atoms with Crippen molar-refractivity contribution in [1.82, 2.24) is 14.1 Å². The van der Waals surface area contributed by atoms with Crippen molar-refractivity contribution in [1.29, 1.82) is 0 Å². The van der Waals surface area contributed by atoms with Crippen LogP contribution in [0, 0.1) is 5.82 Å². The molecule has 0 aliphatic rings. The minimum atomic E-state index is -3.90. The van der Waals surface area contributed by atoms with Gasteiger partial charge in [0.2, 0.25) is 15.9 Å². The first-order valence-corrected chi connectivity index (χ1v) is 12.2. The fourth-order valence-corrected chi connectivity index (χ4v) is 4.63. The second-order valence-electron chi connectivity index (χ2n) is 8.71. The number of benzene rings is 2. The second-order valence-corrected chi connectivity index (χ2v) is 10.6. The Morgan fingerprint density at radius 2 is 1.74 bits per heavy atom. The number of hydrogen-bond acceptors (Lipinski definition) is 5. The molecule has 1 heterocycles. The fourth-order valence-electron chi connectivity index (χ4n) is 3.22. The monoisotopic (exact) mass is 488 g/mol. The number of rotatable bonds is 8. The highest BCUT2D eigenvalue weighted by atomic mass is 32.2. The van der Waals surface area contributed by atoms with Crippen molar-refractivity contribution in [2.24, 2.45) is 0 Å². The van der Waals surface area contributed by atoms with Gasteiger partial charge < -0.3 is 10.1 Å². The largest absolute Gasteiger partial charge is 0.497 e. The zero-order valence-electron chi connectivity index (χ0n) is 19.9. The van der Waals surface area contributed by atoms with Crippen molar-refractivity contribution in [2.45, 2.75) is 38.0 Å². The van der Waals surface area contributed by atoms with E-state index in [1.165, 1.54) is 36.1 Å². The molecule has 0 saturated heterocycles. The van der Waals surface area contributed by atoms with Crippen LogP contribution < -0.4 is 10.1 Å². The van der Waals surface area contributed by atoms with E-state index in [4.69, 9.17) is 4.74 Å². The number of sulfonamides is 1. The van der Waals surface area contributed by atoms with Gasteiger partial charge in [-0.25, -0.2) is 17.5 Å². The first-order chi connectivity index (χ1) is 16.0. The lowest BCUT2D eigenvalue weighted by atomic mass is 9.92. The third-order valence-corrected chi connectivity index (χ3v) is 7.12. The maximum Gasteiger partial charge on any atom is 0.243 e. The summed E-state index contributed by atoms with van der Waals surface area (Å²) in [5, 5.41) is 7.35. The predicted molar refractivity (Wildman–Crippen MR) is 128 cm³/mol. The molecular formula is C24H29FN4O4S. The number of methoxy groups -OCH3 is 1. The van der Waals surface area contributed by atoms with Crippen LogP contribution in [0.25, 0.3) is 5.69 Å². The average Bonchev–Trinajstić information content (AvgIpc) is 3.22. The molecule has 1 N–H and O–H groups in total. The van der Waals surface area contributed by atoms with Crippen LogP contribution in [0.3, 0.4) is 0 Å². The Morgan fingerprint density at radius 3 is 2.26 bits per heavy atom. The molecule has 0 atom stereocenters. The SMILES string of the molecule is CCN(CC(=O)Nc1cc(C(C)(C)C)nn1-c1ccc(F)cc1)S(=O)(=O)c1ccc(OC)cc1. The van der Waals surface area contributed by atoms with Crippen molar-refractivity contribution in [2.75, 3.05) is 25.5 Å². The number of aromatic nitrogens is 2. The van der Waals surface area contributed by atoms with Crippen molar-refractivity contribution < 1.29 is 22.3 Å². The Balaban J connectivity index is 1.86. The minimum absolute atomic E-state index is 0.0642. The molecule has 0 unspecified atom stereocenters. The molecule has 0 spiro atoms. The van der Waals surface area contributed by atoms with Gasteiger partial charge >= 0.3 is 0 Å². The van der Waals surface area contributed by atoms with Gasteiger partial charge in [-0.1, -0.05) is 27.7 Å². The quantitative estimate of drug-likeness (QED) is 0.518. The highest BCUT2D eigenvalue weighted by Gasteiger charge is 2.27. The molecule has 0 saturated carbocycles. The van der Waals surface area contributed by atoms with Crippen LogP contribution in [-0.2, 0) is 20.2 Å². The first kappa shape index (κ1) is 25.4. The van der Waals surface area contributed by atoms with E-state index in [2.05, 4.69) is 10.4 Å². The average molecular weight is 489 g/mol. The number of hydrogen-bond donors (Lipinski definition) is 1. The lowest BCUT2D eigenvalue weighted by molar-refractivity contribution is -0.116. The highest BCUT2D eigenvalue weighted by Crippen LogP contribution is 2.27. The van der Waals surface area contributed by atoms with E-state index in [1.807, 2.05) is 20.8 Å². The van der Waals surface area contributed by atoms with E-state index in [1.54, 1.807) is 37.3 Å². The van der Waals surface area contributed by atoms with Gasteiger partial charge in [-0.2, -0.15) is 9.40 Å². The molecule has 3 rings (SSSR count). The van der Waals surface area contributed by atoms with Gasteiger partial charge in [-0.15, -0.1) is 0 Å². The van der Waals surface area contributed by atoms with Gasteiger partial charge in [0.15, 0.2) is 0 Å². The first-order valence-electron chi connectivity index (χ1n) is 10.8. The number of carbonyl (C=O) groups is 1. The molecule has 8 nitrogen and oxygen atoms in total. The molecule has 0 aliphatic carbocycles. The summed E-state index contributed by atoms with van der Waals surface area (Å²) in [5.74, 6) is -0.0228. The number of carbonyl (C=O) groups excluding carboxylic acids is 1. The number of nitrogens with zero attached hydrogens (tertiary/aromatic N) is 3.